The normalized spacial score (nSPS) is 11.3. The quantitative estimate of drug-likeness (QED) is 0.271. The Morgan fingerprint density at radius 1 is 0.870 bits per heavy atom. The van der Waals surface area contributed by atoms with E-state index < -0.39 is 24.1 Å². The van der Waals surface area contributed by atoms with E-state index in [1.807, 2.05) is 5.32 Å². The molecule has 0 fully saturated rings. The molecule has 10 nitrogen and oxygen atoms in total. The summed E-state index contributed by atoms with van der Waals surface area (Å²) in [6, 6.07) is -0.926. The van der Waals surface area contributed by atoms with Crippen LogP contribution >= 0.6 is 0 Å². The standard InChI is InChI=1S/C13H24N4O6/c14-11(19)9(17-13(22)23)5-1-3-7-15-10(18)6-2-4-8-16-12(20)21/h9,16-17H,1-8H2,(H2,14,19)(H,15,18)(H,20,21)(H,22,23). The smallest absolute Gasteiger partial charge is 0.405 e. The van der Waals surface area contributed by atoms with E-state index in [-0.39, 0.29) is 12.3 Å². The number of amides is 4. The molecule has 132 valence electrons. The molecule has 4 amide bonds. The van der Waals surface area contributed by atoms with Crippen LogP contribution in [0.4, 0.5) is 9.59 Å². The molecule has 0 aliphatic heterocycles. The molecule has 23 heavy (non-hydrogen) atoms. The van der Waals surface area contributed by atoms with Crippen molar-refractivity contribution in [3.63, 3.8) is 0 Å². The fraction of sp³-hybridized carbons (Fsp3) is 0.692. The van der Waals surface area contributed by atoms with Gasteiger partial charge in [0, 0.05) is 19.5 Å². The molecule has 0 aliphatic rings. The average molecular weight is 332 g/mol. The van der Waals surface area contributed by atoms with Crippen molar-refractivity contribution in [2.45, 2.75) is 44.6 Å². The van der Waals surface area contributed by atoms with Crippen LogP contribution in [-0.4, -0.2) is 53.3 Å². The number of nitrogens with two attached hydrogens (primary N) is 1. The zero-order valence-corrected chi connectivity index (χ0v) is 12.8. The van der Waals surface area contributed by atoms with Gasteiger partial charge in [-0.3, -0.25) is 9.59 Å². The van der Waals surface area contributed by atoms with Gasteiger partial charge in [0.1, 0.15) is 6.04 Å². The van der Waals surface area contributed by atoms with Crippen molar-refractivity contribution in [3.8, 4) is 0 Å². The number of rotatable bonds is 12. The Bertz CT molecular complexity index is 415. The molecular weight excluding hydrogens is 308 g/mol. The zero-order chi connectivity index (χ0) is 17.7. The molecule has 0 aromatic heterocycles. The predicted octanol–water partition coefficient (Wildman–Crippen LogP) is -0.168. The molecule has 7 N–H and O–H groups in total. The van der Waals surface area contributed by atoms with Gasteiger partial charge in [-0.2, -0.15) is 0 Å². The summed E-state index contributed by atoms with van der Waals surface area (Å²) in [5.74, 6) is -0.859. The van der Waals surface area contributed by atoms with Crippen molar-refractivity contribution in [2.24, 2.45) is 5.73 Å². The van der Waals surface area contributed by atoms with E-state index in [4.69, 9.17) is 15.9 Å². The van der Waals surface area contributed by atoms with Gasteiger partial charge < -0.3 is 31.9 Å². The first-order valence-electron chi connectivity index (χ1n) is 7.35. The second-order valence-corrected chi connectivity index (χ2v) is 4.94. The van der Waals surface area contributed by atoms with Gasteiger partial charge in [-0.05, 0) is 32.1 Å². The maximum absolute atomic E-state index is 11.5. The van der Waals surface area contributed by atoms with E-state index in [1.54, 1.807) is 0 Å². The summed E-state index contributed by atoms with van der Waals surface area (Å²) >= 11 is 0. The molecule has 0 spiro atoms. The Morgan fingerprint density at radius 3 is 2.04 bits per heavy atom. The Balaban J connectivity index is 3.62. The molecule has 0 bridgehead atoms. The van der Waals surface area contributed by atoms with E-state index >= 15 is 0 Å². The minimum Gasteiger partial charge on any atom is -0.465 e. The molecule has 0 radical (unpaired) electrons. The second-order valence-electron chi connectivity index (χ2n) is 4.94. The highest BCUT2D eigenvalue weighted by atomic mass is 16.4. The van der Waals surface area contributed by atoms with Crippen LogP contribution in [0.1, 0.15) is 38.5 Å². The topological polar surface area (TPSA) is 171 Å². The lowest BCUT2D eigenvalue weighted by Crippen LogP contribution is -2.43. The number of hydrogen-bond acceptors (Lipinski definition) is 4. The number of nitrogens with one attached hydrogen (secondary N) is 3. The molecule has 10 heteroatoms. The van der Waals surface area contributed by atoms with Crippen LogP contribution in [0.25, 0.3) is 0 Å². The van der Waals surface area contributed by atoms with E-state index in [0.717, 1.165) is 0 Å². The number of carbonyl (C=O) groups is 4. The van der Waals surface area contributed by atoms with Crippen LogP contribution in [0.3, 0.4) is 0 Å². The molecular formula is C13H24N4O6. The van der Waals surface area contributed by atoms with Crippen LogP contribution in [0.5, 0.6) is 0 Å². The molecule has 0 heterocycles. The summed E-state index contributed by atoms with van der Waals surface area (Å²) < 4.78 is 0. The number of carbonyl (C=O) groups excluding carboxylic acids is 2. The zero-order valence-electron chi connectivity index (χ0n) is 12.8. The fourth-order valence-corrected chi connectivity index (χ4v) is 1.83. The summed E-state index contributed by atoms with van der Waals surface area (Å²) in [7, 11) is 0. The number of primary amides is 1. The SMILES string of the molecule is NC(=O)C(CCCCNC(=O)CCCCNC(=O)O)NC(=O)O. The van der Waals surface area contributed by atoms with Crippen LogP contribution in [0.15, 0.2) is 0 Å². The highest BCUT2D eigenvalue weighted by Crippen LogP contribution is 2.01. The van der Waals surface area contributed by atoms with Crippen molar-refractivity contribution < 1.29 is 29.4 Å². The van der Waals surface area contributed by atoms with Crippen LogP contribution in [0, 0.1) is 0 Å². The number of unbranched alkanes of at least 4 members (excludes halogenated alkanes) is 2. The first kappa shape index (κ1) is 20.5. The largest absolute Gasteiger partial charge is 0.465 e. The molecule has 1 unspecified atom stereocenters. The summed E-state index contributed by atoms with van der Waals surface area (Å²) in [6.07, 6.45) is 0.498. The van der Waals surface area contributed by atoms with Crippen molar-refractivity contribution in [3.05, 3.63) is 0 Å². The van der Waals surface area contributed by atoms with Gasteiger partial charge >= 0.3 is 12.2 Å². The van der Waals surface area contributed by atoms with Gasteiger partial charge in [0.05, 0.1) is 0 Å². The first-order valence-corrected chi connectivity index (χ1v) is 7.35. The third-order valence-electron chi connectivity index (χ3n) is 2.99. The lowest BCUT2D eigenvalue weighted by atomic mass is 10.1. The molecule has 0 saturated heterocycles. The van der Waals surface area contributed by atoms with E-state index in [9.17, 15) is 19.2 Å². The molecule has 0 saturated carbocycles. The van der Waals surface area contributed by atoms with Gasteiger partial charge in [0.15, 0.2) is 0 Å². The Labute approximate surface area is 133 Å². The lowest BCUT2D eigenvalue weighted by molar-refractivity contribution is -0.121. The van der Waals surface area contributed by atoms with Gasteiger partial charge in [0.2, 0.25) is 11.8 Å². The fourth-order valence-electron chi connectivity index (χ4n) is 1.83. The Morgan fingerprint density at radius 2 is 1.48 bits per heavy atom. The van der Waals surface area contributed by atoms with E-state index in [2.05, 4.69) is 10.6 Å². The summed E-state index contributed by atoms with van der Waals surface area (Å²) in [4.78, 5) is 43.1. The van der Waals surface area contributed by atoms with E-state index in [1.165, 1.54) is 0 Å². The van der Waals surface area contributed by atoms with Crippen LogP contribution in [0.2, 0.25) is 0 Å². The van der Waals surface area contributed by atoms with Gasteiger partial charge in [-0.25, -0.2) is 9.59 Å². The molecule has 0 aliphatic carbocycles. The highest BCUT2D eigenvalue weighted by molar-refractivity contribution is 5.83. The van der Waals surface area contributed by atoms with Crippen molar-refractivity contribution in [1.29, 1.82) is 0 Å². The van der Waals surface area contributed by atoms with Gasteiger partial charge in [-0.1, -0.05) is 0 Å². The number of hydrogen-bond donors (Lipinski definition) is 6. The van der Waals surface area contributed by atoms with Crippen LogP contribution < -0.4 is 21.7 Å². The second kappa shape index (κ2) is 12.1. The van der Waals surface area contributed by atoms with Crippen molar-refractivity contribution in [1.82, 2.24) is 16.0 Å². The maximum Gasteiger partial charge on any atom is 0.405 e. The highest BCUT2D eigenvalue weighted by Gasteiger charge is 2.16. The number of carboxylic acid groups (broad SMARTS) is 2. The first-order chi connectivity index (χ1) is 10.8. The third kappa shape index (κ3) is 12.9. The summed E-state index contributed by atoms with van der Waals surface area (Å²) in [6.45, 7) is 0.735. The third-order valence-corrected chi connectivity index (χ3v) is 2.99. The molecule has 0 rings (SSSR count). The maximum atomic E-state index is 11.5. The van der Waals surface area contributed by atoms with Crippen LogP contribution in [-0.2, 0) is 9.59 Å². The molecule has 0 aromatic rings. The molecule has 1 atom stereocenters. The monoisotopic (exact) mass is 332 g/mol. The lowest BCUT2D eigenvalue weighted by Gasteiger charge is -2.12. The van der Waals surface area contributed by atoms with Crippen molar-refractivity contribution in [2.75, 3.05) is 13.1 Å². The Hall–Kier alpha value is -2.52. The average Bonchev–Trinajstić information content (AvgIpc) is 2.44. The Kier molecular flexibility index (Phi) is 10.7. The van der Waals surface area contributed by atoms with Crippen molar-refractivity contribution >= 4 is 24.0 Å². The minimum absolute atomic E-state index is 0.129. The minimum atomic E-state index is -1.31. The van der Waals surface area contributed by atoms with Gasteiger partial charge in [-0.15, -0.1) is 0 Å². The van der Waals surface area contributed by atoms with Gasteiger partial charge in [0.25, 0.3) is 0 Å². The predicted molar refractivity (Wildman–Crippen MR) is 80.9 cm³/mol. The molecule has 0 aromatic carbocycles. The summed E-state index contributed by atoms with van der Waals surface area (Å²) in [5, 5.41) is 23.8. The van der Waals surface area contributed by atoms with E-state index in [0.29, 0.717) is 45.2 Å². The summed E-state index contributed by atoms with van der Waals surface area (Å²) in [5.41, 5.74) is 5.07.